The Balaban J connectivity index is 2.25. The molecule has 1 saturated carbocycles. The minimum Gasteiger partial charge on any atom is -0.392 e. The van der Waals surface area contributed by atoms with E-state index in [4.69, 9.17) is 23.2 Å². The molecule has 1 fully saturated rings. The van der Waals surface area contributed by atoms with E-state index in [1.54, 1.807) is 0 Å². The number of nitrogens with one attached hydrogen (secondary N) is 1. The van der Waals surface area contributed by atoms with Crippen LogP contribution in [0.1, 0.15) is 20.3 Å². The number of rotatable bonds is 3. The van der Waals surface area contributed by atoms with E-state index in [2.05, 4.69) is 5.32 Å². The first-order chi connectivity index (χ1) is 8.73. The molecule has 0 heterocycles. The molecule has 0 amide bonds. The van der Waals surface area contributed by atoms with E-state index in [1.165, 1.54) is 12.1 Å². The van der Waals surface area contributed by atoms with Crippen molar-refractivity contribution in [3.63, 3.8) is 0 Å². The fraction of sp³-hybridized carbons (Fsp3) is 0.500. The SMILES string of the molecule is CC1(C)C(O)CC1Nc1c(Cl)cc([N+](=O)[O-])cc1Cl. The van der Waals surface area contributed by atoms with Gasteiger partial charge in [-0.25, -0.2) is 0 Å². The monoisotopic (exact) mass is 304 g/mol. The predicted molar refractivity (Wildman–Crippen MR) is 74.9 cm³/mol. The third-order valence-electron chi connectivity index (χ3n) is 3.77. The second kappa shape index (κ2) is 4.81. The number of hydrogen-bond acceptors (Lipinski definition) is 4. The minimum atomic E-state index is -0.543. The summed E-state index contributed by atoms with van der Waals surface area (Å²) >= 11 is 12.0. The lowest BCUT2D eigenvalue weighted by Gasteiger charge is -2.50. The lowest BCUT2D eigenvalue weighted by Crippen LogP contribution is -2.56. The second-order valence-corrected chi connectivity index (χ2v) is 6.13. The molecule has 2 N–H and O–H groups in total. The lowest BCUT2D eigenvalue weighted by atomic mass is 9.64. The average Bonchev–Trinajstić information content (AvgIpc) is 2.31. The highest BCUT2D eigenvalue weighted by atomic mass is 35.5. The van der Waals surface area contributed by atoms with Crippen LogP contribution >= 0.6 is 23.2 Å². The van der Waals surface area contributed by atoms with E-state index in [9.17, 15) is 15.2 Å². The number of hydrogen-bond donors (Lipinski definition) is 2. The average molecular weight is 305 g/mol. The van der Waals surface area contributed by atoms with Crippen LogP contribution in [0.3, 0.4) is 0 Å². The highest BCUT2D eigenvalue weighted by Gasteiger charge is 2.47. The summed E-state index contributed by atoms with van der Waals surface area (Å²) in [6.45, 7) is 3.87. The zero-order valence-electron chi connectivity index (χ0n) is 10.5. The molecular formula is C12H14Cl2N2O3. The van der Waals surface area contributed by atoms with E-state index >= 15 is 0 Å². The van der Waals surface area contributed by atoms with E-state index in [-0.39, 0.29) is 33.3 Å². The van der Waals surface area contributed by atoms with Gasteiger partial charge in [0.15, 0.2) is 0 Å². The Hall–Kier alpha value is -1.04. The van der Waals surface area contributed by atoms with Gasteiger partial charge in [0, 0.05) is 23.6 Å². The Labute approximate surface area is 120 Å². The summed E-state index contributed by atoms with van der Waals surface area (Å²) in [4.78, 5) is 10.1. The molecule has 1 aromatic rings. The molecular weight excluding hydrogens is 291 g/mol. The first-order valence-electron chi connectivity index (χ1n) is 5.81. The van der Waals surface area contributed by atoms with Crippen LogP contribution in [0.15, 0.2) is 12.1 Å². The normalized spacial score (nSPS) is 24.7. The van der Waals surface area contributed by atoms with Gasteiger partial charge in [0.25, 0.3) is 5.69 Å². The Morgan fingerprint density at radius 3 is 2.32 bits per heavy atom. The molecule has 1 aliphatic carbocycles. The van der Waals surface area contributed by atoms with Gasteiger partial charge in [0.05, 0.1) is 26.8 Å². The van der Waals surface area contributed by atoms with E-state index in [0.29, 0.717) is 12.1 Å². The van der Waals surface area contributed by atoms with Crippen molar-refractivity contribution in [1.82, 2.24) is 0 Å². The van der Waals surface area contributed by atoms with Gasteiger partial charge in [-0.05, 0) is 6.42 Å². The van der Waals surface area contributed by atoms with Gasteiger partial charge in [0.2, 0.25) is 0 Å². The van der Waals surface area contributed by atoms with Crippen molar-refractivity contribution in [1.29, 1.82) is 0 Å². The van der Waals surface area contributed by atoms with Crippen molar-refractivity contribution in [3.8, 4) is 0 Å². The smallest absolute Gasteiger partial charge is 0.272 e. The van der Waals surface area contributed by atoms with Crippen molar-refractivity contribution in [3.05, 3.63) is 32.3 Å². The molecule has 19 heavy (non-hydrogen) atoms. The standard InChI is InChI=1S/C12H14Cl2N2O3/c1-12(2)9(5-10(12)17)15-11-7(13)3-6(16(18)19)4-8(11)14/h3-4,9-10,15,17H,5H2,1-2H3. The van der Waals surface area contributed by atoms with Crippen LogP contribution in [0.25, 0.3) is 0 Å². The van der Waals surface area contributed by atoms with Gasteiger partial charge in [0.1, 0.15) is 0 Å². The minimum absolute atomic E-state index is 0.0268. The number of nitro groups is 1. The Morgan fingerprint density at radius 2 is 1.95 bits per heavy atom. The molecule has 5 nitrogen and oxygen atoms in total. The van der Waals surface area contributed by atoms with Gasteiger partial charge < -0.3 is 10.4 Å². The third-order valence-corrected chi connectivity index (χ3v) is 4.37. The maximum absolute atomic E-state index is 10.7. The summed E-state index contributed by atoms with van der Waals surface area (Å²) in [6.07, 6.45) is 0.219. The van der Waals surface area contributed by atoms with Crippen LogP contribution in [0.4, 0.5) is 11.4 Å². The predicted octanol–water partition coefficient (Wildman–Crippen LogP) is 3.47. The van der Waals surface area contributed by atoms with Crippen LogP contribution < -0.4 is 5.32 Å². The highest BCUT2D eigenvalue weighted by molar-refractivity contribution is 6.39. The fourth-order valence-corrected chi connectivity index (χ4v) is 2.71. The maximum atomic E-state index is 10.7. The molecule has 0 spiro atoms. The molecule has 2 atom stereocenters. The van der Waals surface area contributed by atoms with Crippen LogP contribution in [0.5, 0.6) is 0 Å². The first-order valence-corrected chi connectivity index (χ1v) is 6.57. The van der Waals surface area contributed by atoms with Crippen LogP contribution in [-0.2, 0) is 0 Å². The van der Waals surface area contributed by atoms with E-state index in [1.807, 2.05) is 13.8 Å². The summed E-state index contributed by atoms with van der Waals surface area (Å²) in [5, 5.41) is 23.9. The molecule has 7 heteroatoms. The summed E-state index contributed by atoms with van der Waals surface area (Å²) in [5.74, 6) is 0. The summed E-state index contributed by atoms with van der Waals surface area (Å²) in [6, 6.07) is 2.55. The Kier molecular flexibility index (Phi) is 3.64. The number of anilines is 1. The van der Waals surface area contributed by atoms with Crippen molar-refractivity contribution in [2.24, 2.45) is 5.41 Å². The molecule has 0 radical (unpaired) electrons. The summed E-state index contributed by atoms with van der Waals surface area (Å²) in [5.41, 5.74) is 0.0430. The van der Waals surface area contributed by atoms with Crippen molar-refractivity contribution in [2.75, 3.05) is 5.32 Å². The van der Waals surface area contributed by atoms with Crippen LogP contribution in [0, 0.1) is 15.5 Å². The molecule has 0 saturated heterocycles. The van der Waals surface area contributed by atoms with Gasteiger partial charge in [-0.3, -0.25) is 10.1 Å². The second-order valence-electron chi connectivity index (χ2n) is 5.31. The van der Waals surface area contributed by atoms with Gasteiger partial charge in [-0.2, -0.15) is 0 Å². The molecule has 2 rings (SSSR count). The van der Waals surface area contributed by atoms with Crippen molar-refractivity contribution >= 4 is 34.6 Å². The molecule has 0 aromatic heterocycles. The van der Waals surface area contributed by atoms with E-state index < -0.39 is 4.92 Å². The summed E-state index contributed by atoms with van der Waals surface area (Å²) in [7, 11) is 0. The number of nitrogens with zero attached hydrogens (tertiary/aromatic N) is 1. The van der Waals surface area contributed by atoms with Crippen molar-refractivity contribution < 1.29 is 10.0 Å². The van der Waals surface area contributed by atoms with Crippen molar-refractivity contribution in [2.45, 2.75) is 32.4 Å². The molecule has 1 aromatic carbocycles. The Morgan fingerprint density at radius 1 is 1.42 bits per heavy atom. The van der Waals surface area contributed by atoms with Gasteiger partial charge in [-0.1, -0.05) is 37.0 Å². The Bertz CT molecular complexity index is 511. The summed E-state index contributed by atoms with van der Waals surface area (Å²) < 4.78 is 0. The molecule has 0 aliphatic heterocycles. The number of non-ortho nitro benzene ring substituents is 1. The number of halogens is 2. The lowest BCUT2D eigenvalue weighted by molar-refractivity contribution is -0.384. The number of benzene rings is 1. The van der Waals surface area contributed by atoms with Crippen LogP contribution in [-0.4, -0.2) is 22.2 Å². The van der Waals surface area contributed by atoms with Gasteiger partial charge in [-0.15, -0.1) is 0 Å². The largest absolute Gasteiger partial charge is 0.392 e. The molecule has 1 aliphatic rings. The zero-order chi connectivity index (χ0) is 14.4. The molecule has 104 valence electrons. The number of aliphatic hydroxyl groups excluding tert-OH is 1. The fourth-order valence-electron chi connectivity index (χ4n) is 2.12. The first kappa shape index (κ1) is 14.4. The van der Waals surface area contributed by atoms with Crippen LogP contribution in [0.2, 0.25) is 10.0 Å². The topological polar surface area (TPSA) is 75.4 Å². The highest BCUT2D eigenvalue weighted by Crippen LogP contribution is 2.44. The quantitative estimate of drug-likeness (QED) is 0.662. The third kappa shape index (κ3) is 2.50. The number of nitro benzene ring substituents is 1. The number of aliphatic hydroxyl groups is 1. The van der Waals surface area contributed by atoms with E-state index in [0.717, 1.165) is 0 Å². The molecule has 0 bridgehead atoms. The zero-order valence-corrected chi connectivity index (χ0v) is 12.0. The maximum Gasteiger partial charge on any atom is 0.272 e. The molecule has 2 unspecified atom stereocenters. The van der Waals surface area contributed by atoms with Gasteiger partial charge >= 0.3 is 0 Å².